The lowest BCUT2D eigenvalue weighted by Gasteiger charge is -2.30. The van der Waals surface area contributed by atoms with Gasteiger partial charge in [0.2, 0.25) is 5.91 Å². The fourth-order valence-electron chi connectivity index (χ4n) is 3.52. The summed E-state index contributed by atoms with van der Waals surface area (Å²) in [5, 5.41) is 3.96. The first kappa shape index (κ1) is 18.5. The number of aryl methyl sites for hydroxylation is 1. The van der Waals surface area contributed by atoms with Crippen LogP contribution in [0.4, 0.5) is 5.69 Å². The lowest BCUT2D eigenvalue weighted by Crippen LogP contribution is -2.40. The first-order chi connectivity index (χ1) is 12.6. The van der Waals surface area contributed by atoms with Crippen LogP contribution in [0.3, 0.4) is 0 Å². The zero-order chi connectivity index (χ0) is 18.5. The molecule has 1 heterocycles. The number of ether oxygens (including phenoxy) is 2. The maximum absolute atomic E-state index is 11.8. The van der Waals surface area contributed by atoms with E-state index in [2.05, 4.69) is 10.3 Å². The number of anilines is 1. The maximum Gasteiger partial charge on any atom is 0.222 e. The van der Waals surface area contributed by atoms with Gasteiger partial charge in [0.1, 0.15) is 5.75 Å². The Labute approximate surface area is 154 Å². The van der Waals surface area contributed by atoms with Crippen molar-refractivity contribution in [1.29, 1.82) is 0 Å². The summed E-state index contributed by atoms with van der Waals surface area (Å²) in [4.78, 5) is 16.4. The lowest BCUT2D eigenvalue weighted by molar-refractivity contribution is -0.123. The molecule has 0 atom stereocenters. The predicted molar refractivity (Wildman–Crippen MR) is 102 cm³/mol. The average molecular weight is 357 g/mol. The highest BCUT2D eigenvalue weighted by molar-refractivity contribution is 5.95. The molecule has 0 bridgehead atoms. The van der Waals surface area contributed by atoms with Crippen molar-refractivity contribution in [3.63, 3.8) is 0 Å². The van der Waals surface area contributed by atoms with Crippen LogP contribution in [0.2, 0.25) is 0 Å². The van der Waals surface area contributed by atoms with E-state index in [4.69, 9.17) is 15.2 Å². The van der Waals surface area contributed by atoms with Crippen LogP contribution in [0.15, 0.2) is 24.3 Å². The minimum absolute atomic E-state index is 0.0551. The van der Waals surface area contributed by atoms with Gasteiger partial charge in [-0.1, -0.05) is 6.07 Å². The molecule has 2 aromatic rings. The van der Waals surface area contributed by atoms with Gasteiger partial charge >= 0.3 is 0 Å². The molecule has 3 N–H and O–H groups in total. The first-order valence-electron chi connectivity index (χ1n) is 9.17. The summed E-state index contributed by atoms with van der Waals surface area (Å²) in [6.07, 6.45) is 4.19. The molecule has 6 heteroatoms. The van der Waals surface area contributed by atoms with E-state index in [1.807, 2.05) is 31.2 Å². The molecule has 0 radical (unpaired) electrons. The first-order valence-corrected chi connectivity index (χ1v) is 9.17. The number of nitrogens with zero attached hydrogens (tertiary/aromatic N) is 1. The molecule has 1 saturated carbocycles. The van der Waals surface area contributed by atoms with Gasteiger partial charge < -0.3 is 20.5 Å². The minimum Gasteiger partial charge on any atom is -0.490 e. The lowest BCUT2D eigenvalue weighted by atomic mass is 9.92. The van der Waals surface area contributed by atoms with Crippen LogP contribution in [0.1, 0.15) is 37.8 Å². The van der Waals surface area contributed by atoms with Crippen molar-refractivity contribution in [2.45, 2.75) is 51.2 Å². The molecule has 0 spiro atoms. The number of nitrogens with two attached hydrogens (primary N) is 1. The molecule has 1 aliphatic carbocycles. The third kappa shape index (κ3) is 4.43. The Hall–Kier alpha value is -2.34. The standard InChI is InChI=1S/C20H27N3O3/c1-13-12-16(21)20-17(22-13)4-3-5-18(20)26-15-8-6-14(7-9-15)23-19(24)10-11-25-2/h3-5,12,14-15H,6-11H2,1-2H3,(H2,21,22)(H,23,24). The number of benzene rings is 1. The number of aromatic nitrogens is 1. The number of nitrogens with one attached hydrogen (secondary N) is 1. The number of nitrogen functional groups attached to an aromatic ring is 1. The highest BCUT2D eigenvalue weighted by Gasteiger charge is 2.24. The van der Waals surface area contributed by atoms with Crippen LogP contribution >= 0.6 is 0 Å². The Morgan fingerprint density at radius 3 is 2.81 bits per heavy atom. The van der Waals surface area contributed by atoms with Crippen LogP contribution in [-0.2, 0) is 9.53 Å². The summed E-state index contributed by atoms with van der Waals surface area (Å²) < 4.78 is 11.2. The molecule has 1 fully saturated rings. The van der Waals surface area contributed by atoms with Gasteiger partial charge in [0.15, 0.2) is 0 Å². The monoisotopic (exact) mass is 357 g/mol. The number of rotatable bonds is 6. The molecule has 1 aliphatic rings. The normalized spacial score (nSPS) is 20.1. The van der Waals surface area contributed by atoms with Crippen LogP contribution in [0.5, 0.6) is 5.75 Å². The van der Waals surface area contributed by atoms with Crippen molar-refractivity contribution < 1.29 is 14.3 Å². The fraction of sp³-hybridized carbons (Fsp3) is 0.500. The number of pyridine rings is 1. The molecule has 1 aromatic carbocycles. The average Bonchev–Trinajstić information content (AvgIpc) is 2.61. The third-order valence-electron chi connectivity index (χ3n) is 4.82. The van der Waals surface area contributed by atoms with Gasteiger partial charge in [0, 0.05) is 31.0 Å². The molecule has 26 heavy (non-hydrogen) atoms. The molecule has 3 rings (SSSR count). The third-order valence-corrected chi connectivity index (χ3v) is 4.82. The van der Waals surface area contributed by atoms with E-state index in [0.717, 1.165) is 48.0 Å². The topological polar surface area (TPSA) is 86.5 Å². The van der Waals surface area contributed by atoms with E-state index in [0.29, 0.717) is 18.7 Å². The zero-order valence-electron chi connectivity index (χ0n) is 15.5. The minimum atomic E-state index is 0.0551. The Morgan fingerprint density at radius 2 is 2.08 bits per heavy atom. The number of hydrogen-bond donors (Lipinski definition) is 2. The van der Waals surface area contributed by atoms with Crippen molar-refractivity contribution in [2.75, 3.05) is 19.5 Å². The Kier molecular flexibility index (Phi) is 5.93. The van der Waals surface area contributed by atoms with Crippen molar-refractivity contribution in [3.05, 3.63) is 30.0 Å². The van der Waals surface area contributed by atoms with E-state index in [-0.39, 0.29) is 18.1 Å². The van der Waals surface area contributed by atoms with E-state index < -0.39 is 0 Å². The van der Waals surface area contributed by atoms with Gasteiger partial charge in [0.25, 0.3) is 0 Å². The zero-order valence-corrected chi connectivity index (χ0v) is 15.5. The second kappa shape index (κ2) is 8.36. The van der Waals surface area contributed by atoms with Crippen LogP contribution < -0.4 is 15.8 Å². The molecular formula is C20H27N3O3. The number of hydrogen-bond acceptors (Lipinski definition) is 5. The fourth-order valence-corrected chi connectivity index (χ4v) is 3.52. The van der Waals surface area contributed by atoms with Crippen molar-refractivity contribution in [2.24, 2.45) is 0 Å². The smallest absolute Gasteiger partial charge is 0.222 e. The Balaban J connectivity index is 1.60. The molecule has 1 aromatic heterocycles. The summed E-state index contributed by atoms with van der Waals surface area (Å²) in [5.74, 6) is 0.847. The van der Waals surface area contributed by atoms with Gasteiger partial charge in [-0.15, -0.1) is 0 Å². The van der Waals surface area contributed by atoms with Crippen molar-refractivity contribution >= 4 is 22.5 Å². The van der Waals surface area contributed by atoms with E-state index in [1.165, 1.54) is 0 Å². The maximum atomic E-state index is 11.8. The number of amides is 1. The highest BCUT2D eigenvalue weighted by Crippen LogP contribution is 2.33. The molecule has 6 nitrogen and oxygen atoms in total. The molecule has 0 aliphatic heterocycles. The summed E-state index contributed by atoms with van der Waals surface area (Å²) in [7, 11) is 1.60. The van der Waals surface area contributed by atoms with Gasteiger partial charge in [-0.05, 0) is 50.8 Å². The number of carbonyl (C=O) groups is 1. The van der Waals surface area contributed by atoms with Gasteiger partial charge in [-0.2, -0.15) is 0 Å². The van der Waals surface area contributed by atoms with Gasteiger partial charge in [-0.3, -0.25) is 9.78 Å². The predicted octanol–water partition coefficient (Wildman–Crippen LogP) is 2.97. The van der Waals surface area contributed by atoms with E-state index in [1.54, 1.807) is 7.11 Å². The number of carbonyl (C=O) groups excluding carboxylic acids is 1. The number of fused-ring (bicyclic) bond motifs is 1. The molecule has 0 unspecified atom stereocenters. The quantitative estimate of drug-likeness (QED) is 0.830. The molecule has 1 amide bonds. The SMILES string of the molecule is COCCC(=O)NC1CCC(Oc2cccc3nc(C)cc(N)c23)CC1. The van der Waals surface area contributed by atoms with Crippen LogP contribution in [0.25, 0.3) is 10.9 Å². The second-order valence-electron chi connectivity index (χ2n) is 6.90. The van der Waals surface area contributed by atoms with E-state index >= 15 is 0 Å². The largest absolute Gasteiger partial charge is 0.490 e. The Morgan fingerprint density at radius 1 is 1.31 bits per heavy atom. The highest BCUT2D eigenvalue weighted by atomic mass is 16.5. The van der Waals surface area contributed by atoms with Crippen LogP contribution in [0, 0.1) is 6.92 Å². The second-order valence-corrected chi connectivity index (χ2v) is 6.90. The van der Waals surface area contributed by atoms with E-state index in [9.17, 15) is 4.79 Å². The number of methoxy groups -OCH3 is 1. The van der Waals surface area contributed by atoms with Crippen molar-refractivity contribution in [1.82, 2.24) is 10.3 Å². The summed E-state index contributed by atoms with van der Waals surface area (Å²) >= 11 is 0. The summed E-state index contributed by atoms with van der Waals surface area (Å²) in [6.45, 7) is 2.39. The van der Waals surface area contributed by atoms with Gasteiger partial charge in [-0.25, -0.2) is 0 Å². The van der Waals surface area contributed by atoms with Crippen LogP contribution in [-0.4, -0.2) is 36.8 Å². The molecular weight excluding hydrogens is 330 g/mol. The van der Waals surface area contributed by atoms with Crippen molar-refractivity contribution in [3.8, 4) is 5.75 Å². The van der Waals surface area contributed by atoms with Gasteiger partial charge in [0.05, 0.1) is 23.6 Å². The Bertz CT molecular complexity index is 770. The molecule has 140 valence electrons. The summed E-state index contributed by atoms with van der Waals surface area (Å²) in [5.41, 5.74) is 8.66. The summed E-state index contributed by atoms with van der Waals surface area (Å²) in [6, 6.07) is 7.96. The molecule has 0 saturated heterocycles.